The number of ether oxygens (including phenoxy) is 1. The van der Waals surface area contributed by atoms with Crippen molar-refractivity contribution < 1.29 is 23.0 Å². The van der Waals surface area contributed by atoms with E-state index in [1.165, 1.54) is 12.1 Å². The standard InChI is InChI=1S/C27H23F3N2O2/c1-26(2,33)24-16-32(25(31-24)21-5-3-4-6-22(21)27(28,29)30)20-10-7-17(8-11-20)18-9-12-23-19(15-18)13-14-34-23/h3-12,15-16,33H,13-14H2,1-2H3. The molecule has 174 valence electrons. The zero-order valence-corrected chi connectivity index (χ0v) is 18.7. The maximum atomic E-state index is 13.7. The third-order valence-corrected chi connectivity index (χ3v) is 5.97. The Labute approximate surface area is 195 Å². The SMILES string of the molecule is CC(C)(O)c1cn(-c2ccc(-c3ccc4c(c3)CCO4)cc2)c(-c2ccccc2C(F)(F)F)n1. The molecule has 1 aliphatic rings. The van der Waals surface area contributed by atoms with Gasteiger partial charge in [-0.1, -0.05) is 36.4 Å². The van der Waals surface area contributed by atoms with Gasteiger partial charge in [-0.15, -0.1) is 0 Å². The average Bonchev–Trinajstić information content (AvgIpc) is 3.45. The van der Waals surface area contributed by atoms with Gasteiger partial charge < -0.3 is 9.84 Å². The number of fused-ring (bicyclic) bond motifs is 1. The van der Waals surface area contributed by atoms with Crippen LogP contribution in [0, 0.1) is 0 Å². The summed E-state index contributed by atoms with van der Waals surface area (Å²) in [6, 6.07) is 18.9. The van der Waals surface area contributed by atoms with Gasteiger partial charge in [0.1, 0.15) is 17.2 Å². The molecule has 0 aliphatic carbocycles. The van der Waals surface area contributed by atoms with Crippen LogP contribution < -0.4 is 4.74 Å². The van der Waals surface area contributed by atoms with Crippen LogP contribution in [0.15, 0.2) is 72.9 Å². The Morgan fingerprint density at radius 3 is 2.35 bits per heavy atom. The molecule has 0 amide bonds. The lowest BCUT2D eigenvalue weighted by Gasteiger charge is -2.14. The van der Waals surface area contributed by atoms with E-state index in [0.717, 1.165) is 34.9 Å². The maximum absolute atomic E-state index is 13.7. The Bertz CT molecular complexity index is 1350. The summed E-state index contributed by atoms with van der Waals surface area (Å²) in [5.41, 5.74) is 1.97. The van der Waals surface area contributed by atoms with Crippen molar-refractivity contribution in [1.29, 1.82) is 0 Å². The number of alkyl halides is 3. The number of nitrogens with zero attached hydrogens (tertiary/aromatic N) is 2. The van der Waals surface area contributed by atoms with Crippen LogP contribution in [0.5, 0.6) is 5.75 Å². The van der Waals surface area contributed by atoms with Crippen molar-refractivity contribution in [3.8, 4) is 34.0 Å². The summed E-state index contributed by atoms with van der Waals surface area (Å²) in [5, 5.41) is 10.5. The second-order valence-corrected chi connectivity index (χ2v) is 8.89. The summed E-state index contributed by atoms with van der Waals surface area (Å²) < 4.78 is 48.4. The summed E-state index contributed by atoms with van der Waals surface area (Å²) in [5.74, 6) is 1.03. The molecule has 0 fully saturated rings. The number of imidazole rings is 1. The van der Waals surface area contributed by atoms with E-state index in [-0.39, 0.29) is 17.1 Å². The molecule has 5 rings (SSSR count). The minimum Gasteiger partial charge on any atom is -0.493 e. The van der Waals surface area contributed by atoms with Crippen LogP contribution >= 0.6 is 0 Å². The summed E-state index contributed by atoms with van der Waals surface area (Å²) in [7, 11) is 0. The Balaban J connectivity index is 1.60. The first-order chi connectivity index (χ1) is 16.1. The van der Waals surface area contributed by atoms with Gasteiger partial charge in [0.05, 0.1) is 17.9 Å². The molecule has 0 saturated carbocycles. The minimum atomic E-state index is -4.54. The summed E-state index contributed by atoms with van der Waals surface area (Å²) in [4.78, 5) is 4.42. The number of halogens is 3. The zero-order valence-electron chi connectivity index (χ0n) is 18.7. The molecule has 7 heteroatoms. The highest BCUT2D eigenvalue weighted by atomic mass is 19.4. The van der Waals surface area contributed by atoms with Gasteiger partial charge in [-0.25, -0.2) is 4.98 Å². The molecular formula is C27H23F3N2O2. The van der Waals surface area contributed by atoms with Crippen LogP contribution in [0.2, 0.25) is 0 Å². The Hall–Kier alpha value is -3.58. The lowest BCUT2D eigenvalue weighted by Crippen LogP contribution is -2.15. The van der Waals surface area contributed by atoms with Crippen LogP contribution in [0.1, 0.15) is 30.7 Å². The predicted octanol–water partition coefficient (Wildman–Crippen LogP) is 6.39. The molecule has 4 aromatic rings. The topological polar surface area (TPSA) is 47.3 Å². The largest absolute Gasteiger partial charge is 0.493 e. The highest BCUT2D eigenvalue weighted by molar-refractivity contribution is 5.69. The van der Waals surface area contributed by atoms with Crippen LogP contribution in [-0.4, -0.2) is 21.3 Å². The normalized spacial score (nSPS) is 13.6. The molecule has 3 aromatic carbocycles. The predicted molar refractivity (Wildman–Crippen MR) is 124 cm³/mol. The lowest BCUT2D eigenvalue weighted by molar-refractivity contribution is -0.137. The third-order valence-electron chi connectivity index (χ3n) is 5.97. The lowest BCUT2D eigenvalue weighted by atomic mass is 10.0. The number of rotatable bonds is 4. The van der Waals surface area contributed by atoms with Gasteiger partial charge >= 0.3 is 6.18 Å². The van der Waals surface area contributed by atoms with Crippen molar-refractivity contribution in [2.75, 3.05) is 6.61 Å². The van der Waals surface area contributed by atoms with E-state index in [1.807, 2.05) is 36.4 Å². The number of benzene rings is 3. The van der Waals surface area contributed by atoms with Crippen molar-refractivity contribution in [1.82, 2.24) is 9.55 Å². The quantitative estimate of drug-likeness (QED) is 0.381. The van der Waals surface area contributed by atoms with E-state index >= 15 is 0 Å². The highest BCUT2D eigenvalue weighted by Gasteiger charge is 2.35. The first-order valence-electron chi connectivity index (χ1n) is 11.0. The van der Waals surface area contributed by atoms with Crippen molar-refractivity contribution in [2.45, 2.75) is 32.0 Å². The Morgan fingerprint density at radius 1 is 0.941 bits per heavy atom. The van der Waals surface area contributed by atoms with Crippen LogP contribution in [-0.2, 0) is 18.2 Å². The maximum Gasteiger partial charge on any atom is 0.417 e. The molecule has 0 atom stereocenters. The second-order valence-electron chi connectivity index (χ2n) is 8.89. The van der Waals surface area contributed by atoms with E-state index in [9.17, 15) is 18.3 Å². The monoisotopic (exact) mass is 464 g/mol. The van der Waals surface area contributed by atoms with Gasteiger partial charge in [0, 0.05) is 23.9 Å². The molecule has 1 aliphatic heterocycles. The molecule has 0 unspecified atom stereocenters. The first-order valence-corrected chi connectivity index (χ1v) is 11.0. The van der Waals surface area contributed by atoms with Gasteiger partial charge in [-0.2, -0.15) is 13.2 Å². The molecule has 0 radical (unpaired) electrons. The minimum absolute atomic E-state index is 0.0480. The molecule has 1 aromatic heterocycles. The van der Waals surface area contributed by atoms with Crippen molar-refractivity contribution in [3.63, 3.8) is 0 Å². The van der Waals surface area contributed by atoms with E-state index in [1.54, 1.807) is 30.7 Å². The van der Waals surface area contributed by atoms with Gasteiger partial charge in [0.2, 0.25) is 0 Å². The molecule has 4 nitrogen and oxygen atoms in total. The van der Waals surface area contributed by atoms with E-state index in [2.05, 4.69) is 11.1 Å². The van der Waals surface area contributed by atoms with E-state index in [0.29, 0.717) is 12.3 Å². The molecule has 0 spiro atoms. The molecule has 0 bridgehead atoms. The second kappa shape index (κ2) is 8.02. The first kappa shape index (κ1) is 22.2. The fourth-order valence-electron chi connectivity index (χ4n) is 4.17. The fourth-order valence-corrected chi connectivity index (χ4v) is 4.17. The van der Waals surface area contributed by atoms with Gasteiger partial charge in [-0.05, 0) is 60.9 Å². The number of aliphatic hydroxyl groups is 1. The summed E-state index contributed by atoms with van der Waals surface area (Å²) in [6.07, 6.45) is -2.08. The van der Waals surface area contributed by atoms with Crippen LogP contribution in [0.3, 0.4) is 0 Å². The average molecular weight is 464 g/mol. The summed E-state index contributed by atoms with van der Waals surface area (Å²) >= 11 is 0. The van der Waals surface area contributed by atoms with Gasteiger partial charge in [0.15, 0.2) is 0 Å². The third kappa shape index (κ3) is 4.07. The van der Waals surface area contributed by atoms with Crippen LogP contribution in [0.4, 0.5) is 13.2 Å². The molecular weight excluding hydrogens is 441 g/mol. The number of hydrogen-bond acceptors (Lipinski definition) is 3. The Kier molecular flexibility index (Phi) is 5.24. The molecule has 2 heterocycles. The van der Waals surface area contributed by atoms with Gasteiger partial charge in [0.25, 0.3) is 0 Å². The van der Waals surface area contributed by atoms with Crippen molar-refractivity contribution in [3.05, 3.63) is 89.7 Å². The smallest absolute Gasteiger partial charge is 0.417 e. The number of aromatic nitrogens is 2. The molecule has 1 N–H and O–H groups in total. The zero-order chi connectivity index (χ0) is 24.1. The van der Waals surface area contributed by atoms with Crippen molar-refractivity contribution >= 4 is 0 Å². The molecule has 34 heavy (non-hydrogen) atoms. The van der Waals surface area contributed by atoms with E-state index < -0.39 is 17.3 Å². The molecule has 0 saturated heterocycles. The van der Waals surface area contributed by atoms with Gasteiger partial charge in [-0.3, -0.25) is 4.57 Å². The highest BCUT2D eigenvalue weighted by Crippen LogP contribution is 2.38. The Morgan fingerprint density at radius 2 is 1.65 bits per heavy atom. The van der Waals surface area contributed by atoms with Crippen molar-refractivity contribution in [2.24, 2.45) is 0 Å². The van der Waals surface area contributed by atoms with Crippen LogP contribution in [0.25, 0.3) is 28.2 Å². The summed E-state index contributed by atoms with van der Waals surface area (Å²) in [6.45, 7) is 3.80. The van der Waals surface area contributed by atoms with E-state index in [4.69, 9.17) is 4.74 Å². The fraction of sp³-hybridized carbons (Fsp3) is 0.222. The number of hydrogen-bond donors (Lipinski definition) is 1.